The maximum atomic E-state index is 12.4. The summed E-state index contributed by atoms with van der Waals surface area (Å²) in [6.45, 7) is 0.537. The number of thiazole rings is 2. The van der Waals surface area contributed by atoms with Crippen LogP contribution in [0.2, 0.25) is 0 Å². The van der Waals surface area contributed by atoms with Gasteiger partial charge >= 0.3 is 0 Å². The Kier molecular flexibility index (Phi) is 8.24. The molecular formula is C21H24N4O4S2. The number of aliphatic hydroxyl groups is 1. The van der Waals surface area contributed by atoms with Gasteiger partial charge in [0.1, 0.15) is 10.0 Å². The van der Waals surface area contributed by atoms with E-state index < -0.39 is 5.60 Å². The van der Waals surface area contributed by atoms with Gasteiger partial charge in [0.2, 0.25) is 5.91 Å². The van der Waals surface area contributed by atoms with Crippen molar-refractivity contribution in [2.24, 2.45) is 0 Å². The van der Waals surface area contributed by atoms with E-state index in [1.807, 2.05) is 0 Å². The zero-order valence-electron chi connectivity index (χ0n) is 16.8. The predicted octanol–water partition coefficient (Wildman–Crippen LogP) is 3.07. The molecule has 2 heterocycles. The van der Waals surface area contributed by atoms with Gasteiger partial charge in [-0.3, -0.25) is 14.8 Å². The van der Waals surface area contributed by atoms with Gasteiger partial charge in [-0.25, -0.2) is 15.4 Å². The van der Waals surface area contributed by atoms with Crippen LogP contribution in [-0.4, -0.2) is 38.6 Å². The van der Waals surface area contributed by atoms with Gasteiger partial charge in [0.05, 0.1) is 0 Å². The molecule has 2 aromatic heterocycles. The van der Waals surface area contributed by atoms with Crippen molar-refractivity contribution in [2.75, 3.05) is 6.54 Å². The molecule has 3 aromatic rings. The van der Waals surface area contributed by atoms with E-state index in [2.05, 4.69) is 15.3 Å². The third-order valence-electron chi connectivity index (χ3n) is 4.79. The zero-order chi connectivity index (χ0) is 22.1. The van der Waals surface area contributed by atoms with Crippen molar-refractivity contribution in [1.82, 2.24) is 20.8 Å². The summed E-state index contributed by atoms with van der Waals surface area (Å²) in [6, 6.07) is 6.82. The highest BCUT2D eigenvalue weighted by Crippen LogP contribution is 2.38. The molecule has 0 fully saturated rings. The molecular weight excluding hydrogens is 436 g/mol. The third kappa shape index (κ3) is 5.73. The molecule has 4 N–H and O–H groups in total. The van der Waals surface area contributed by atoms with E-state index >= 15 is 0 Å². The van der Waals surface area contributed by atoms with E-state index in [9.17, 15) is 14.7 Å². The lowest BCUT2D eigenvalue weighted by Gasteiger charge is -2.24. The standard InChI is InChI=1S/C21H24N4O4S2/c26-17(25-29)5-3-1-2-4-10-22-18(27)15-6-8-16(9-7-15)21(28,19-23-11-13-30-19)20-24-12-14-31-20/h6-9,11-14,28-29H,1-5,10H2,(H,22,27)(H,25,26). The summed E-state index contributed by atoms with van der Waals surface area (Å²) in [4.78, 5) is 31.9. The number of hydroxylamine groups is 1. The molecule has 10 heteroatoms. The fourth-order valence-corrected chi connectivity index (χ4v) is 4.71. The van der Waals surface area contributed by atoms with Gasteiger partial charge in [-0.1, -0.05) is 25.0 Å². The minimum absolute atomic E-state index is 0.182. The van der Waals surface area contributed by atoms with Gasteiger partial charge in [-0.2, -0.15) is 0 Å². The van der Waals surface area contributed by atoms with E-state index in [-0.39, 0.29) is 11.8 Å². The second kappa shape index (κ2) is 11.1. The van der Waals surface area contributed by atoms with Crippen LogP contribution < -0.4 is 10.8 Å². The highest BCUT2D eigenvalue weighted by Gasteiger charge is 2.39. The molecule has 8 nitrogen and oxygen atoms in total. The number of hydrogen-bond donors (Lipinski definition) is 4. The van der Waals surface area contributed by atoms with Crippen molar-refractivity contribution in [3.8, 4) is 0 Å². The van der Waals surface area contributed by atoms with Crippen LogP contribution >= 0.6 is 22.7 Å². The number of hydrogen-bond acceptors (Lipinski definition) is 8. The Bertz CT molecular complexity index is 926. The maximum absolute atomic E-state index is 12.4. The molecule has 0 bridgehead atoms. The summed E-state index contributed by atoms with van der Waals surface area (Å²) in [7, 11) is 0. The normalized spacial score (nSPS) is 11.3. The number of benzene rings is 1. The van der Waals surface area contributed by atoms with E-state index in [1.165, 1.54) is 22.7 Å². The van der Waals surface area contributed by atoms with Gasteiger partial charge < -0.3 is 10.4 Å². The molecule has 31 heavy (non-hydrogen) atoms. The molecule has 0 aliphatic carbocycles. The molecule has 0 saturated carbocycles. The fraction of sp³-hybridized carbons (Fsp3) is 0.333. The van der Waals surface area contributed by atoms with Crippen LogP contribution in [0.25, 0.3) is 0 Å². The first kappa shape index (κ1) is 23.0. The van der Waals surface area contributed by atoms with Crippen molar-refractivity contribution >= 4 is 34.5 Å². The highest BCUT2D eigenvalue weighted by atomic mass is 32.1. The van der Waals surface area contributed by atoms with E-state index in [4.69, 9.17) is 5.21 Å². The van der Waals surface area contributed by atoms with Crippen molar-refractivity contribution in [1.29, 1.82) is 0 Å². The minimum atomic E-state index is -1.45. The summed E-state index contributed by atoms with van der Waals surface area (Å²) in [5.74, 6) is -0.563. The molecule has 2 amide bonds. The number of carbonyl (C=O) groups excluding carboxylic acids is 2. The SMILES string of the molecule is O=C(CCCCCCNC(=O)c1ccc(C(O)(c2nccs2)c2nccs2)cc1)NO. The minimum Gasteiger partial charge on any atom is -0.372 e. The smallest absolute Gasteiger partial charge is 0.251 e. The molecule has 0 atom stereocenters. The Morgan fingerprint density at radius 1 is 0.935 bits per heavy atom. The largest absolute Gasteiger partial charge is 0.372 e. The molecule has 164 valence electrons. The second-order valence-corrected chi connectivity index (χ2v) is 8.71. The third-order valence-corrected chi connectivity index (χ3v) is 6.55. The average Bonchev–Trinajstić information content (AvgIpc) is 3.52. The predicted molar refractivity (Wildman–Crippen MR) is 118 cm³/mol. The summed E-state index contributed by atoms with van der Waals surface area (Å²) < 4.78 is 0. The lowest BCUT2D eigenvalue weighted by atomic mass is 9.94. The summed E-state index contributed by atoms with van der Waals surface area (Å²) in [6.07, 6.45) is 6.81. The van der Waals surface area contributed by atoms with Crippen LogP contribution in [0.3, 0.4) is 0 Å². The monoisotopic (exact) mass is 460 g/mol. The lowest BCUT2D eigenvalue weighted by molar-refractivity contribution is -0.129. The van der Waals surface area contributed by atoms with Crippen molar-refractivity contribution in [3.05, 3.63) is 68.6 Å². The van der Waals surface area contributed by atoms with Crippen LogP contribution in [0, 0.1) is 0 Å². The van der Waals surface area contributed by atoms with E-state index in [0.717, 1.165) is 19.3 Å². The van der Waals surface area contributed by atoms with Crippen LogP contribution in [0.4, 0.5) is 0 Å². The highest BCUT2D eigenvalue weighted by molar-refractivity contribution is 7.11. The van der Waals surface area contributed by atoms with Crippen LogP contribution in [0.15, 0.2) is 47.4 Å². The Morgan fingerprint density at radius 3 is 2.10 bits per heavy atom. The number of amides is 2. The topological polar surface area (TPSA) is 124 Å². The van der Waals surface area contributed by atoms with Crippen LogP contribution in [-0.2, 0) is 10.4 Å². The van der Waals surface area contributed by atoms with E-state index in [0.29, 0.717) is 40.5 Å². The van der Waals surface area contributed by atoms with Gasteiger partial charge in [-0.05, 0) is 30.5 Å². The Labute approximate surface area is 188 Å². The van der Waals surface area contributed by atoms with E-state index in [1.54, 1.807) is 52.9 Å². The molecule has 0 spiro atoms. The van der Waals surface area contributed by atoms with Crippen LogP contribution in [0.1, 0.15) is 58.0 Å². The molecule has 0 radical (unpaired) electrons. The zero-order valence-corrected chi connectivity index (χ0v) is 18.4. The second-order valence-electron chi connectivity index (χ2n) is 6.92. The van der Waals surface area contributed by atoms with Gasteiger partial charge in [-0.15, -0.1) is 22.7 Å². The van der Waals surface area contributed by atoms with Gasteiger partial charge in [0, 0.05) is 41.7 Å². The molecule has 0 aliphatic rings. The first-order valence-electron chi connectivity index (χ1n) is 9.89. The van der Waals surface area contributed by atoms with Gasteiger partial charge in [0.15, 0.2) is 5.60 Å². The van der Waals surface area contributed by atoms with Crippen LogP contribution in [0.5, 0.6) is 0 Å². The summed E-state index contributed by atoms with van der Waals surface area (Å²) >= 11 is 2.69. The Balaban J connectivity index is 1.56. The summed E-state index contributed by atoms with van der Waals surface area (Å²) in [5.41, 5.74) is 1.26. The number of nitrogens with one attached hydrogen (secondary N) is 2. The Morgan fingerprint density at radius 2 is 1.55 bits per heavy atom. The molecule has 3 rings (SSSR count). The summed E-state index contributed by atoms with van der Waals surface area (Å²) in [5, 5.41) is 27.5. The molecule has 0 aliphatic heterocycles. The number of nitrogens with zero attached hydrogens (tertiary/aromatic N) is 2. The average molecular weight is 461 g/mol. The van der Waals surface area contributed by atoms with Crippen molar-refractivity contribution in [3.63, 3.8) is 0 Å². The quantitative estimate of drug-likeness (QED) is 0.198. The molecule has 0 saturated heterocycles. The number of unbranched alkanes of at least 4 members (excludes halogenated alkanes) is 3. The lowest BCUT2D eigenvalue weighted by Crippen LogP contribution is -2.29. The molecule has 1 aromatic carbocycles. The Hall–Kier alpha value is -2.66. The van der Waals surface area contributed by atoms with Crippen molar-refractivity contribution in [2.45, 2.75) is 37.7 Å². The fourth-order valence-electron chi connectivity index (χ4n) is 3.13. The van der Waals surface area contributed by atoms with Crippen molar-refractivity contribution < 1.29 is 19.9 Å². The number of rotatable bonds is 11. The number of carbonyl (C=O) groups is 2. The first-order valence-corrected chi connectivity index (χ1v) is 11.7. The van der Waals surface area contributed by atoms with Gasteiger partial charge in [0.25, 0.3) is 5.91 Å². The first-order chi connectivity index (χ1) is 15.1. The number of aromatic nitrogens is 2. The maximum Gasteiger partial charge on any atom is 0.251 e. The molecule has 0 unspecified atom stereocenters.